The standard InChI is InChI=1S/C20H30F2N6O4/c1-32-15-6-7-27(11-15)19-17(22)18(23-16(9-21)24-19)25-26-20(30)14(10-28(31)12-29)8-13-4-2-3-5-13/h12-15,31H,2-11H2,1H3,(H,26,30)(H,23,24,25)/t14-,15-/m0/s1. The molecule has 2 fully saturated rings. The lowest BCUT2D eigenvalue weighted by Gasteiger charge is -2.23. The molecule has 0 aromatic carbocycles. The van der Waals surface area contributed by atoms with Crippen molar-refractivity contribution in [1.29, 1.82) is 0 Å². The van der Waals surface area contributed by atoms with Crippen LogP contribution in [-0.2, 0) is 21.0 Å². The predicted molar refractivity (Wildman–Crippen MR) is 111 cm³/mol. The van der Waals surface area contributed by atoms with Gasteiger partial charge in [-0.15, -0.1) is 0 Å². The summed E-state index contributed by atoms with van der Waals surface area (Å²) in [5, 5.41) is 10.00. The molecule has 10 nitrogen and oxygen atoms in total. The predicted octanol–water partition coefficient (Wildman–Crippen LogP) is 1.80. The Morgan fingerprint density at radius 2 is 2.12 bits per heavy atom. The molecule has 3 N–H and O–H groups in total. The number of hydrazine groups is 1. The highest BCUT2D eigenvalue weighted by Crippen LogP contribution is 2.31. The van der Waals surface area contributed by atoms with Crippen LogP contribution in [0.25, 0.3) is 0 Å². The van der Waals surface area contributed by atoms with E-state index in [0.29, 0.717) is 36.9 Å². The Morgan fingerprint density at radius 1 is 1.38 bits per heavy atom. The maximum Gasteiger partial charge on any atom is 0.243 e. The number of nitrogens with zero attached hydrogens (tertiary/aromatic N) is 4. The summed E-state index contributed by atoms with van der Waals surface area (Å²) in [6.07, 6.45) is 5.43. The Labute approximate surface area is 185 Å². The number of carbonyl (C=O) groups excluding carboxylic acids is 2. The molecule has 32 heavy (non-hydrogen) atoms. The Balaban J connectivity index is 1.71. The summed E-state index contributed by atoms with van der Waals surface area (Å²) in [7, 11) is 1.57. The zero-order valence-corrected chi connectivity index (χ0v) is 18.1. The Kier molecular flexibility index (Phi) is 8.51. The Bertz CT molecular complexity index is 796. The van der Waals surface area contributed by atoms with E-state index in [1.165, 1.54) is 0 Å². The molecule has 1 aliphatic heterocycles. The molecular formula is C20H30F2N6O4. The third-order valence-corrected chi connectivity index (χ3v) is 6.07. The van der Waals surface area contributed by atoms with Crippen molar-refractivity contribution in [3.63, 3.8) is 0 Å². The van der Waals surface area contributed by atoms with Gasteiger partial charge in [0.25, 0.3) is 0 Å². The number of halogens is 2. The van der Waals surface area contributed by atoms with Crippen LogP contribution in [0.5, 0.6) is 0 Å². The molecule has 1 aromatic heterocycles. The first-order chi connectivity index (χ1) is 15.4. The second-order valence-electron chi connectivity index (χ2n) is 8.28. The molecule has 0 unspecified atom stereocenters. The van der Waals surface area contributed by atoms with Gasteiger partial charge in [0.2, 0.25) is 18.1 Å². The van der Waals surface area contributed by atoms with Crippen molar-refractivity contribution in [2.24, 2.45) is 11.8 Å². The number of amides is 2. The Morgan fingerprint density at radius 3 is 2.75 bits per heavy atom. The minimum absolute atomic E-state index is 0.0612. The first kappa shape index (κ1) is 24.1. The van der Waals surface area contributed by atoms with Gasteiger partial charge in [0.1, 0.15) is 6.67 Å². The fourth-order valence-corrected chi connectivity index (χ4v) is 4.35. The number of rotatable bonds is 11. The van der Waals surface area contributed by atoms with Gasteiger partial charge in [0, 0.05) is 20.2 Å². The molecule has 0 spiro atoms. The highest BCUT2D eigenvalue weighted by Gasteiger charge is 2.29. The molecule has 0 radical (unpaired) electrons. The van der Waals surface area contributed by atoms with E-state index in [1.807, 2.05) is 0 Å². The Hall–Kier alpha value is -2.60. The zero-order valence-electron chi connectivity index (χ0n) is 18.1. The zero-order chi connectivity index (χ0) is 23.1. The van der Waals surface area contributed by atoms with E-state index in [1.54, 1.807) is 12.0 Å². The van der Waals surface area contributed by atoms with Crippen LogP contribution < -0.4 is 15.8 Å². The van der Waals surface area contributed by atoms with Crippen LogP contribution in [0, 0.1) is 17.7 Å². The van der Waals surface area contributed by atoms with Crippen molar-refractivity contribution < 1.29 is 28.3 Å². The van der Waals surface area contributed by atoms with Crippen LogP contribution in [0.3, 0.4) is 0 Å². The number of hydrogen-bond donors (Lipinski definition) is 3. The van der Waals surface area contributed by atoms with Gasteiger partial charge >= 0.3 is 0 Å². The van der Waals surface area contributed by atoms with Crippen molar-refractivity contribution in [2.45, 2.75) is 51.3 Å². The van der Waals surface area contributed by atoms with Crippen molar-refractivity contribution in [3.8, 4) is 0 Å². The lowest BCUT2D eigenvalue weighted by atomic mass is 9.92. The van der Waals surface area contributed by atoms with Crippen LogP contribution in [0.1, 0.15) is 44.3 Å². The molecule has 2 atom stereocenters. The largest absolute Gasteiger partial charge is 0.380 e. The molecule has 1 saturated heterocycles. The monoisotopic (exact) mass is 456 g/mol. The first-order valence-electron chi connectivity index (χ1n) is 10.8. The smallest absolute Gasteiger partial charge is 0.243 e. The maximum absolute atomic E-state index is 15.1. The molecule has 1 aromatic rings. The number of hydroxylamine groups is 2. The maximum atomic E-state index is 15.1. The van der Waals surface area contributed by atoms with E-state index in [0.717, 1.165) is 25.7 Å². The third kappa shape index (κ3) is 6.00. The number of aromatic nitrogens is 2. The van der Waals surface area contributed by atoms with E-state index in [2.05, 4.69) is 20.8 Å². The van der Waals surface area contributed by atoms with Crippen LogP contribution >= 0.6 is 0 Å². The first-order valence-corrected chi connectivity index (χ1v) is 10.8. The molecule has 1 saturated carbocycles. The molecule has 1 aliphatic carbocycles. The number of alkyl halides is 1. The van der Waals surface area contributed by atoms with Gasteiger partial charge in [0.05, 0.1) is 18.6 Å². The number of hydrogen-bond acceptors (Lipinski definition) is 8. The van der Waals surface area contributed by atoms with Crippen LogP contribution in [0.15, 0.2) is 0 Å². The van der Waals surface area contributed by atoms with Crippen molar-refractivity contribution >= 4 is 24.0 Å². The van der Waals surface area contributed by atoms with Crippen LogP contribution in [0.4, 0.5) is 20.4 Å². The third-order valence-electron chi connectivity index (χ3n) is 6.07. The fourth-order valence-electron chi connectivity index (χ4n) is 4.35. The molecule has 0 bridgehead atoms. The van der Waals surface area contributed by atoms with Gasteiger partial charge in [-0.25, -0.2) is 19.4 Å². The summed E-state index contributed by atoms with van der Waals surface area (Å²) in [5.74, 6) is -2.36. The summed E-state index contributed by atoms with van der Waals surface area (Å²) < 4.78 is 33.7. The topological polar surface area (TPSA) is 120 Å². The highest BCUT2D eigenvalue weighted by molar-refractivity contribution is 5.80. The van der Waals surface area contributed by atoms with Crippen molar-refractivity contribution in [1.82, 2.24) is 20.5 Å². The number of ether oxygens (including phenoxy) is 1. The van der Waals surface area contributed by atoms with Crippen molar-refractivity contribution in [3.05, 3.63) is 11.6 Å². The number of nitrogens with one attached hydrogen (secondary N) is 2. The number of anilines is 2. The highest BCUT2D eigenvalue weighted by atomic mass is 19.1. The number of methoxy groups -OCH3 is 1. The van der Waals surface area contributed by atoms with E-state index in [9.17, 15) is 19.2 Å². The molecule has 2 amide bonds. The summed E-state index contributed by atoms with van der Waals surface area (Å²) in [4.78, 5) is 33.0. The lowest BCUT2D eigenvalue weighted by Crippen LogP contribution is -2.41. The molecule has 12 heteroatoms. The SMILES string of the molecule is CO[C@H]1CCN(c2nc(CF)nc(NNC(=O)[C@@H](CC3CCCC3)CN(O)C=O)c2F)C1. The summed E-state index contributed by atoms with van der Waals surface area (Å²) in [5.41, 5.74) is 4.83. The second kappa shape index (κ2) is 11.3. The van der Waals surface area contributed by atoms with E-state index < -0.39 is 24.3 Å². The minimum Gasteiger partial charge on any atom is -0.380 e. The second-order valence-corrected chi connectivity index (χ2v) is 8.28. The molecule has 2 aliphatic rings. The van der Waals surface area contributed by atoms with Crippen LogP contribution in [-0.4, -0.2) is 65.4 Å². The molecule has 3 rings (SSSR count). The van der Waals surface area contributed by atoms with Gasteiger partial charge in [-0.05, 0) is 18.8 Å². The van der Waals surface area contributed by atoms with Gasteiger partial charge in [-0.2, -0.15) is 4.39 Å². The minimum atomic E-state index is -0.999. The quantitative estimate of drug-likeness (QED) is 0.262. The van der Waals surface area contributed by atoms with E-state index >= 15 is 4.39 Å². The normalized spacial score (nSPS) is 19.8. The van der Waals surface area contributed by atoms with Gasteiger partial charge in [-0.1, -0.05) is 25.7 Å². The van der Waals surface area contributed by atoms with Crippen molar-refractivity contribution in [2.75, 3.05) is 37.1 Å². The lowest BCUT2D eigenvalue weighted by molar-refractivity contribution is -0.154. The van der Waals surface area contributed by atoms with E-state index in [4.69, 9.17) is 4.74 Å². The molecule has 178 valence electrons. The van der Waals surface area contributed by atoms with E-state index in [-0.39, 0.29) is 36.5 Å². The summed E-state index contributed by atoms with van der Waals surface area (Å²) in [6, 6.07) is 0. The number of carbonyl (C=O) groups is 2. The average Bonchev–Trinajstić information content (AvgIpc) is 3.49. The summed E-state index contributed by atoms with van der Waals surface area (Å²) in [6.45, 7) is -0.289. The summed E-state index contributed by atoms with van der Waals surface area (Å²) >= 11 is 0. The molecular weight excluding hydrogens is 426 g/mol. The van der Waals surface area contributed by atoms with Gasteiger partial charge < -0.3 is 9.64 Å². The van der Waals surface area contributed by atoms with Crippen LogP contribution in [0.2, 0.25) is 0 Å². The average molecular weight is 456 g/mol. The van der Waals surface area contributed by atoms with Gasteiger partial charge in [-0.3, -0.25) is 25.6 Å². The fraction of sp³-hybridized carbons (Fsp3) is 0.700. The van der Waals surface area contributed by atoms with Gasteiger partial charge in [0.15, 0.2) is 17.5 Å². The molecule has 2 heterocycles.